The van der Waals surface area contributed by atoms with E-state index in [-0.39, 0.29) is 11.3 Å². The molecule has 0 spiro atoms. The van der Waals surface area contributed by atoms with Crippen molar-refractivity contribution in [2.24, 2.45) is 0 Å². The van der Waals surface area contributed by atoms with Crippen LogP contribution < -0.4 is 4.90 Å². The van der Waals surface area contributed by atoms with Crippen molar-refractivity contribution in [3.8, 4) is 0 Å². The van der Waals surface area contributed by atoms with Crippen LogP contribution in [-0.2, 0) is 9.59 Å². The monoisotopic (exact) mass is 455 g/mol. The van der Waals surface area contributed by atoms with Crippen LogP contribution in [0.5, 0.6) is 0 Å². The fourth-order valence-electron chi connectivity index (χ4n) is 3.16. The summed E-state index contributed by atoms with van der Waals surface area (Å²) in [5.41, 5.74) is 1.18. The van der Waals surface area contributed by atoms with Gasteiger partial charge in [0.25, 0.3) is 5.78 Å². The average Bonchev–Trinajstić information content (AvgIpc) is 3.23. The molecule has 1 amide bonds. The molecule has 0 saturated carbocycles. The van der Waals surface area contributed by atoms with Gasteiger partial charge in [-0.15, -0.1) is 10.2 Å². The number of benzene rings is 2. The SMILES string of the molecule is Cc1nnc(N2C(=O)C(=O)/C(=C(/O)c3ccccc3)C2c2cccc(Br)c2)s1. The van der Waals surface area contributed by atoms with Crippen LogP contribution in [0.4, 0.5) is 5.13 Å². The predicted molar refractivity (Wildman–Crippen MR) is 110 cm³/mol. The van der Waals surface area contributed by atoms with Crippen molar-refractivity contribution in [2.75, 3.05) is 4.90 Å². The van der Waals surface area contributed by atoms with Crippen LogP contribution in [0.15, 0.2) is 64.6 Å². The van der Waals surface area contributed by atoms with Crippen LogP contribution in [0.1, 0.15) is 22.2 Å². The van der Waals surface area contributed by atoms with Crippen LogP contribution in [0.2, 0.25) is 0 Å². The molecule has 140 valence electrons. The number of carbonyl (C=O) groups excluding carboxylic acids is 2. The Morgan fingerprint density at radius 1 is 1.11 bits per heavy atom. The van der Waals surface area contributed by atoms with E-state index in [2.05, 4.69) is 26.1 Å². The summed E-state index contributed by atoms with van der Waals surface area (Å²) in [6.07, 6.45) is 0. The number of hydrogen-bond donors (Lipinski definition) is 1. The van der Waals surface area contributed by atoms with E-state index in [4.69, 9.17) is 0 Å². The predicted octanol–water partition coefficient (Wildman–Crippen LogP) is 4.24. The Kier molecular flexibility index (Phi) is 4.82. The van der Waals surface area contributed by atoms with Crippen molar-refractivity contribution in [1.82, 2.24) is 10.2 Å². The van der Waals surface area contributed by atoms with Crippen molar-refractivity contribution in [1.29, 1.82) is 0 Å². The van der Waals surface area contributed by atoms with Crippen molar-refractivity contribution >= 4 is 49.8 Å². The number of rotatable bonds is 3. The van der Waals surface area contributed by atoms with Gasteiger partial charge < -0.3 is 5.11 Å². The summed E-state index contributed by atoms with van der Waals surface area (Å²) in [6.45, 7) is 1.77. The van der Waals surface area contributed by atoms with Gasteiger partial charge in [-0.1, -0.05) is 69.7 Å². The van der Waals surface area contributed by atoms with Crippen LogP contribution in [0.25, 0.3) is 5.76 Å². The van der Waals surface area contributed by atoms with Gasteiger partial charge in [0.2, 0.25) is 5.13 Å². The van der Waals surface area contributed by atoms with E-state index >= 15 is 0 Å². The van der Waals surface area contributed by atoms with Crippen molar-refractivity contribution in [2.45, 2.75) is 13.0 Å². The quantitative estimate of drug-likeness (QED) is 0.362. The number of aliphatic hydroxyl groups excluding tert-OH is 1. The van der Waals surface area contributed by atoms with E-state index in [0.29, 0.717) is 21.3 Å². The number of amides is 1. The molecule has 1 fully saturated rings. The Balaban J connectivity index is 1.96. The normalized spacial score (nSPS) is 18.6. The molecule has 2 aromatic carbocycles. The fourth-order valence-corrected chi connectivity index (χ4v) is 4.29. The number of carbonyl (C=O) groups is 2. The van der Waals surface area contributed by atoms with Crippen LogP contribution in [0.3, 0.4) is 0 Å². The van der Waals surface area contributed by atoms with Gasteiger partial charge in [0.15, 0.2) is 0 Å². The molecule has 6 nitrogen and oxygen atoms in total. The molecule has 0 bridgehead atoms. The molecule has 1 saturated heterocycles. The second kappa shape index (κ2) is 7.29. The lowest BCUT2D eigenvalue weighted by Crippen LogP contribution is -2.29. The van der Waals surface area contributed by atoms with E-state index in [1.54, 1.807) is 37.3 Å². The maximum absolute atomic E-state index is 12.9. The number of aromatic nitrogens is 2. The fraction of sp³-hybridized carbons (Fsp3) is 0.100. The Hall–Kier alpha value is -2.84. The molecule has 28 heavy (non-hydrogen) atoms. The third-order valence-corrected chi connectivity index (χ3v) is 5.71. The lowest BCUT2D eigenvalue weighted by atomic mass is 9.95. The van der Waals surface area contributed by atoms with Crippen LogP contribution in [-0.4, -0.2) is 27.0 Å². The number of nitrogens with zero attached hydrogens (tertiary/aromatic N) is 3. The largest absolute Gasteiger partial charge is 0.507 e. The zero-order chi connectivity index (χ0) is 19.8. The highest BCUT2D eigenvalue weighted by Gasteiger charge is 2.48. The Bertz CT molecular complexity index is 1110. The molecule has 0 radical (unpaired) electrons. The lowest BCUT2D eigenvalue weighted by Gasteiger charge is -2.22. The zero-order valence-corrected chi connectivity index (χ0v) is 17.1. The van der Waals surface area contributed by atoms with Gasteiger partial charge in [-0.2, -0.15) is 0 Å². The van der Waals surface area contributed by atoms with E-state index < -0.39 is 17.7 Å². The van der Waals surface area contributed by atoms with Crippen LogP contribution >= 0.6 is 27.3 Å². The van der Waals surface area contributed by atoms with Crippen LogP contribution in [0, 0.1) is 6.92 Å². The van der Waals surface area contributed by atoms with Gasteiger partial charge in [-0.25, -0.2) is 0 Å². The smallest absolute Gasteiger partial charge is 0.301 e. The summed E-state index contributed by atoms with van der Waals surface area (Å²) in [5.74, 6) is -1.70. The molecule has 2 heterocycles. The van der Waals surface area contributed by atoms with Crippen molar-refractivity contribution < 1.29 is 14.7 Å². The van der Waals surface area contributed by atoms with E-state index in [1.165, 1.54) is 16.2 Å². The number of ketones is 1. The minimum Gasteiger partial charge on any atom is -0.507 e. The van der Waals surface area contributed by atoms with Gasteiger partial charge >= 0.3 is 5.91 Å². The van der Waals surface area contributed by atoms with Gasteiger partial charge in [0.1, 0.15) is 10.8 Å². The number of aliphatic hydroxyl groups is 1. The molecule has 1 atom stereocenters. The highest BCUT2D eigenvalue weighted by atomic mass is 79.9. The van der Waals surface area contributed by atoms with Crippen molar-refractivity contribution in [3.05, 3.63) is 80.8 Å². The molecule has 8 heteroatoms. The number of hydrogen-bond acceptors (Lipinski definition) is 6. The summed E-state index contributed by atoms with van der Waals surface area (Å²) < 4.78 is 0.795. The van der Waals surface area contributed by atoms with Gasteiger partial charge in [-0.05, 0) is 24.6 Å². The molecule has 0 aliphatic carbocycles. The minimum absolute atomic E-state index is 0.0298. The summed E-state index contributed by atoms with van der Waals surface area (Å²) >= 11 is 4.65. The standard InChI is InChI=1S/C20H14BrN3O3S/c1-11-22-23-20(28-11)24-16(13-8-5-9-14(21)10-13)15(18(26)19(24)27)17(25)12-6-3-2-4-7-12/h2-10,16,25H,1H3/b17-15+. The molecule has 1 N–H and O–H groups in total. The summed E-state index contributed by atoms with van der Waals surface area (Å²) in [5, 5.41) is 19.9. The molecular formula is C20H14BrN3O3S. The second-order valence-electron chi connectivity index (χ2n) is 6.19. The van der Waals surface area contributed by atoms with Crippen molar-refractivity contribution in [3.63, 3.8) is 0 Å². The van der Waals surface area contributed by atoms with E-state index in [1.807, 2.05) is 24.3 Å². The minimum atomic E-state index is -0.801. The maximum Gasteiger partial charge on any atom is 0.301 e. The summed E-state index contributed by atoms with van der Waals surface area (Å²) in [7, 11) is 0. The number of halogens is 1. The molecule has 3 aromatic rings. The lowest BCUT2D eigenvalue weighted by molar-refractivity contribution is -0.132. The highest BCUT2D eigenvalue weighted by molar-refractivity contribution is 9.10. The summed E-state index contributed by atoms with van der Waals surface area (Å²) in [6, 6.07) is 15.2. The first-order valence-electron chi connectivity index (χ1n) is 8.39. The Morgan fingerprint density at radius 2 is 1.86 bits per heavy atom. The average molecular weight is 456 g/mol. The molecule has 1 aromatic heterocycles. The molecular weight excluding hydrogens is 442 g/mol. The van der Waals surface area contributed by atoms with Gasteiger partial charge in [0, 0.05) is 10.0 Å². The first-order valence-corrected chi connectivity index (χ1v) is 10.0. The zero-order valence-electron chi connectivity index (χ0n) is 14.7. The molecule has 4 rings (SSSR count). The third-order valence-electron chi connectivity index (χ3n) is 4.38. The number of Topliss-reactive ketones (excluding diaryl/α,β-unsaturated/α-hetero) is 1. The van der Waals surface area contributed by atoms with Gasteiger partial charge in [-0.3, -0.25) is 14.5 Å². The van der Waals surface area contributed by atoms with Gasteiger partial charge in [0.05, 0.1) is 11.6 Å². The van der Waals surface area contributed by atoms with E-state index in [0.717, 1.165) is 4.47 Å². The highest BCUT2D eigenvalue weighted by Crippen LogP contribution is 2.43. The Labute approximate surface area is 173 Å². The first-order chi connectivity index (χ1) is 13.5. The maximum atomic E-state index is 12.9. The Morgan fingerprint density at radius 3 is 2.50 bits per heavy atom. The number of aryl methyl sites for hydroxylation is 1. The first kappa shape index (κ1) is 18.5. The molecule has 1 unspecified atom stereocenters. The number of anilines is 1. The molecule has 1 aliphatic rings. The second-order valence-corrected chi connectivity index (χ2v) is 8.27. The topological polar surface area (TPSA) is 83.4 Å². The third kappa shape index (κ3) is 3.14. The summed E-state index contributed by atoms with van der Waals surface area (Å²) in [4.78, 5) is 27.1. The van der Waals surface area contributed by atoms with E-state index in [9.17, 15) is 14.7 Å². The molecule has 1 aliphatic heterocycles.